The van der Waals surface area contributed by atoms with Crippen molar-refractivity contribution >= 4 is 39.2 Å². The average Bonchev–Trinajstić information content (AvgIpc) is 2.82. The molecule has 1 aromatic heterocycles. The van der Waals surface area contributed by atoms with Gasteiger partial charge in [-0.15, -0.1) is 0 Å². The Hall–Kier alpha value is -2.10. The fraction of sp³-hybridized carbons (Fsp3) is 0.0667. The van der Waals surface area contributed by atoms with Crippen LogP contribution in [-0.2, 0) is 0 Å². The van der Waals surface area contributed by atoms with E-state index in [2.05, 4.69) is 27.0 Å². The van der Waals surface area contributed by atoms with Crippen molar-refractivity contribution in [2.24, 2.45) is 0 Å². The number of fused-ring (bicyclic) bond motifs is 1. The number of aromatic nitrogens is 2. The van der Waals surface area contributed by atoms with Gasteiger partial charge in [-0.25, -0.2) is 0 Å². The molecular weight excluding hydrogens is 350 g/mol. The highest BCUT2D eigenvalue weighted by Gasteiger charge is 2.11. The molecule has 0 aliphatic rings. The third-order valence-electron chi connectivity index (χ3n) is 3.19. The Bertz CT molecular complexity index is 936. The smallest absolute Gasteiger partial charge is 0.182 e. The van der Waals surface area contributed by atoms with E-state index in [4.69, 9.17) is 17.0 Å². The molecule has 0 aliphatic carbocycles. The number of halogens is 1. The van der Waals surface area contributed by atoms with E-state index in [0.717, 1.165) is 26.9 Å². The first kappa shape index (κ1) is 13.9. The molecule has 1 N–H and O–H groups in total. The largest absolute Gasteiger partial charge is 0.497 e. The Morgan fingerprint density at radius 1 is 1.33 bits per heavy atom. The first-order valence-corrected chi connectivity index (χ1v) is 7.33. The van der Waals surface area contributed by atoms with Crippen LogP contribution in [0.5, 0.6) is 5.75 Å². The van der Waals surface area contributed by atoms with Crippen LogP contribution in [0.4, 0.5) is 0 Å². The highest BCUT2D eigenvalue weighted by atomic mass is 79.9. The van der Waals surface area contributed by atoms with Gasteiger partial charge in [-0.05, 0) is 36.5 Å². The molecule has 0 radical (unpaired) electrons. The number of rotatable bonds is 2. The fourth-order valence-corrected chi connectivity index (χ4v) is 3.04. The molecule has 0 saturated carbocycles. The van der Waals surface area contributed by atoms with Gasteiger partial charge in [-0.3, -0.25) is 4.57 Å². The molecule has 104 valence electrons. The lowest BCUT2D eigenvalue weighted by Crippen LogP contribution is -1.95. The summed E-state index contributed by atoms with van der Waals surface area (Å²) in [6, 6.07) is 13.4. The Kier molecular flexibility index (Phi) is 3.53. The molecule has 0 amide bonds. The van der Waals surface area contributed by atoms with Crippen LogP contribution >= 0.6 is 28.1 Å². The summed E-state index contributed by atoms with van der Waals surface area (Å²) in [5.41, 5.74) is 3.04. The standard InChI is InChI=1S/C15H10BrN3OS/c1-20-12-6-10(16)5-11(7-12)19-13-4-2-3-9(8-17)14(13)18-15(19)21/h2-7H,1H3,(H,18,21). The topological polar surface area (TPSA) is 53.7 Å². The van der Waals surface area contributed by atoms with Crippen LogP contribution in [0.3, 0.4) is 0 Å². The van der Waals surface area contributed by atoms with Crippen LogP contribution in [-0.4, -0.2) is 16.7 Å². The minimum absolute atomic E-state index is 0.535. The molecule has 2 aromatic carbocycles. The molecule has 4 nitrogen and oxygen atoms in total. The second-order valence-corrected chi connectivity index (χ2v) is 5.73. The quantitative estimate of drug-likeness (QED) is 0.692. The number of H-pyrrole nitrogens is 1. The minimum Gasteiger partial charge on any atom is -0.497 e. The SMILES string of the molecule is COc1cc(Br)cc(-n2c(=S)[nH]c3c(C#N)cccc32)c1. The normalized spacial score (nSPS) is 10.5. The third kappa shape index (κ3) is 2.35. The molecule has 0 aliphatic heterocycles. The summed E-state index contributed by atoms with van der Waals surface area (Å²) >= 11 is 8.87. The molecule has 0 saturated heterocycles. The predicted molar refractivity (Wildman–Crippen MR) is 87.4 cm³/mol. The van der Waals surface area contributed by atoms with Crippen molar-refractivity contribution < 1.29 is 4.74 Å². The van der Waals surface area contributed by atoms with Gasteiger partial charge >= 0.3 is 0 Å². The number of ether oxygens (including phenoxy) is 1. The number of nitrogens with one attached hydrogen (secondary N) is 1. The van der Waals surface area contributed by atoms with E-state index in [-0.39, 0.29) is 0 Å². The van der Waals surface area contributed by atoms with Crippen molar-refractivity contribution in [3.63, 3.8) is 0 Å². The second kappa shape index (κ2) is 5.35. The fourth-order valence-electron chi connectivity index (χ4n) is 2.27. The number of hydrogen-bond donors (Lipinski definition) is 1. The number of nitrogens with zero attached hydrogens (tertiary/aromatic N) is 2. The second-order valence-electron chi connectivity index (χ2n) is 4.43. The average molecular weight is 360 g/mol. The molecule has 0 bridgehead atoms. The number of para-hydroxylation sites is 1. The van der Waals surface area contributed by atoms with Gasteiger partial charge in [0.05, 0.1) is 29.4 Å². The van der Waals surface area contributed by atoms with Crippen LogP contribution in [0.2, 0.25) is 0 Å². The van der Waals surface area contributed by atoms with Gasteiger partial charge in [0.2, 0.25) is 0 Å². The number of methoxy groups -OCH3 is 1. The maximum absolute atomic E-state index is 9.19. The maximum atomic E-state index is 9.19. The molecule has 0 fully saturated rings. The summed E-state index contributed by atoms with van der Waals surface area (Å²) in [6.07, 6.45) is 0. The Balaban J connectivity index is 2.36. The number of nitriles is 1. The lowest BCUT2D eigenvalue weighted by atomic mass is 10.2. The zero-order valence-corrected chi connectivity index (χ0v) is 13.5. The highest BCUT2D eigenvalue weighted by Crippen LogP contribution is 2.27. The van der Waals surface area contributed by atoms with E-state index in [9.17, 15) is 5.26 Å². The van der Waals surface area contributed by atoms with Crippen LogP contribution in [0, 0.1) is 16.1 Å². The van der Waals surface area contributed by atoms with Gasteiger partial charge in [0, 0.05) is 10.5 Å². The summed E-state index contributed by atoms with van der Waals surface area (Å²) in [7, 11) is 1.62. The van der Waals surface area contributed by atoms with E-state index in [1.807, 2.05) is 34.9 Å². The summed E-state index contributed by atoms with van der Waals surface area (Å²) in [4.78, 5) is 3.10. The summed E-state index contributed by atoms with van der Waals surface area (Å²) in [5.74, 6) is 0.729. The molecular formula is C15H10BrN3OS. The van der Waals surface area contributed by atoms with Crippen molar-refractivity contribution in [3.8, 4) is 17.5 Å². The maximum Gasteiger partial charge on any atom is 0.182 e. The van der Waals surface area contributed by atoms with Gasteiger partial charge < -0.3 is 9.72 Å². The first-order valence-electron chi connectivity index (χ1n) is 6.13. The van der Waals surface area contributed by atoms with Crippen molar-refractivity contribution in [1.82, 2.24) is 9.55 Å². The van der Waals surface area contributed by atoms with Gasteiger partial charge in [-0.1, -0.05) is 22.0 Å². The van der Waals surface area contributed by atoms with E-state index in [1.54, 1.807) is 13.2 Å². The molecule has 0 spiro atoms. The Labute approximate surface area is 134 Å². The number of aromatic amines is 1. The number of benzene rings is 2. The van der Waals surface area contributed by atoms with Gasteiger partial charge in [-0.2, -0.15) is 5.26 Å². The molecule has 3 aromatic rings. The zero-order chi connectivity index (χ0) is 15.0. The van der Waals surface area contributed by atoms with E-state index in [0.29, 0.717) is 10.3 Å². The Morgan fingerprint density at radius 2 is 2.14 bits per heavy atom. The van der Waals surface area contributed by atoms with Gasteiger partial charge in [0.25, 0.3) is 0 Å². The van der Waals surface area contributed by atoms with E-state index >= 15 is 0 Å². The molecule has 0 atom stereocenters. The lowest BCUT2D eigenvalue weighted by Gasteiger charge is -2.08. The number of hydrogen-bond acceptors (Lipinski definition) is 3. The summed E-state index contributed by atoms with van der Waals surface area (Å²) in [6.45, 7) is 0. The lowest BCUT2D eigenvalue weighted by molar-refractivity contribution is 0.414. The third-order valence-corrected chi connectivity index (χ3v) is 3.93. The molecule has 1 heterocycles. The number of imidazole rings is 1. The molecule has 6 heteroatoms. The van der Waals surface area contributed by atoms with Crippen LogP contribution in [0.25, 0.3) is 16.7 Å². The van der Waals surface area contributed by atoms with Gasteiger partial charge in [0.1, 0.15) is 11.8 Å². The monoisotopic (exact) mass is 359 g/mol. The van der Waals surface area contributed by atoms with Crippen LogP contribution in [0.1, 0.15) is 5.56 Å². The highest BCUT2D eigenvalue weighted by molar-refractivity contribution is 9.10. The Morgan fingerprint density at radius 3 is 2.86 bits per heavy atom. The van der Waals surface area contributed by atoms with Crippen molar-refractivity contribution in [3.05, 3.63) is 51.2 Å². The molecule has 0 unspecified atom stereocenters. The summed E-state index contributed by atoms with van der Waals surface area (Å²) < 4.78 is 8.61. The molecule has 3 rings (SSSR count). The van der Waals surface area contributed by atoms with Gasteiger partial charge in [0.15, 0.2) is 4.77 Å². The minimum atomic E-state index is 0.535. The predicted octanol–water partition coefficient (Wildman–Crippen LogP) is 4.33. The summed E-state index contributed by atoms with van der Waals surface area (Å²) in [5, 5.41) is 9.19. The first-order chi connectivity index (χ1) is 10.1. The van der Waals surface area contributed by atoms with E-state index in [1.165, 1.54) is 0 Å². The van der Waals surface area contributed by atoms with Crippen molar-refractivity contribution in [2.75, 3.05) is 7.11 Å². The molecule has 21 heavy (non-hydrogen) atoms. The van der Waals surface area contributed by atoms with Crippen molar-refractivity contribution in [2.45, 2.75) is 0 Å². The van der Waals surface area contributed by atoms with E-state index < -0.39 is 0 Å². The van der Waals surface area contributed by atoms with Crippen LogP contribution < -0.4 is 4.74 Å². The zero-order valence-electron chi connectivity index (χ0n) is 11.1. The van der Waals surface area contributed by atoms with Crippen LogP contribution in [0.15, 0.2) is 40.9 Å². The van der Waals surface area contributed by atoms with Crippen molar-refractivity contribution in [1.29, 1.82) is 5.26 Å².